The van der Waals surface area contributed by atoms with Gasteiger partial charge in [-0.1, -0.05) is 30.3 Å². The van der Waals surface area contributed by atoms with Gasteiger partial charge >= 0.3 is 0 Å². The molecule has 7 nitrogen and oxygen atoms in total. The molecule has 0 radical (unpaired) electrons. The number of amides is 1. The molecule has 144 valence electrons. The zero-order chi connectivity index (χ0) is 19.7. The third kappa shape index (κ3) is 3.51. The molecule has 0 fully saturated rings. The van der Waals surface area contributed by atoms with Crippen LogP contribution in [0.25, 0.3) is 10.8 Å². The first kappa shape index (κ1) is 18.3. The maximum atomic E-state index is 12.8. The number of anilines is 1. The van der Waals surface area contributed by atoms with Gasteiger partial charge in [-0.05, 0) is 35.0 Å². The number of hydrogen-bond donors (Lipinski definition) is 1. The van der Waals surface area contributed by atoms with E-state index in [1.165, 1.54) is 7.05 Å². The number of rotatable bonds is 5. The zero-order valence-corrected chi connectivity index (χ0v) is 15.9. The molecule has 1 heterocycles. The summed E-state index contributed by atoms with van der Waals surface area (Å²) in [4.78, 5) is 12.5. The fourth-order valence-corrected chi connectivity index (χ4v) is 4.13. The Kier molecular flexibility index (Phi) is 4.66. The molecule has 28 heavy (non-hydrogen) atoms. The first-order valence-electron chi connectivity index (χ1n) is 8.58. The van der Waals surface area contributed by atoms with Crippen molar-refractivity contribution in [3.8, 4) is 11.5 Å². The predicted molar refractivity (Wildman–Crippen MR) is 105 cm³/mol. The molecule has 3 aromatic rings. The van der Waals surface area contributed by atoms with Gasteiger partial charge in [0.2, 0.25) is 22.7 Å². The molecular formula is C20H18N2O5S. The molecule has 0 saturated heterocycles. The SMILES string of the molecule is CN(CC(=O)Nc1ccc2c(c1)OCO2)S(=O)(=O)c1ccc2ccccc2c1. The Balaban J connectivity index is 1.48. The van der Waals surface area contributed by atoms with Crippen molar-refractivity contribution in [3.05, 3.63) is 60.7 Å². The van der Waals surface area contributed by atoms with E-state index in [0.29, 0.717) is 17.2 Å². The van der Waals surface area contributed by atoms with E-state index >= 15 is 0 Å². The molecule has 0 unspecified atom stereocenters. The van der Waals surface area contributed by atoms with Crippen molar-refractivity contribution in [2.24, 2.45) is 0 Å². The molecule has 8 heteroatoms. The smallest absolute Gasteiger partial charge is 0.243 e. The molecule has 0 spiro atoms. The number of carbonyl (C=O) groups is 1. The Hall–Kier alpha value is -3.10. The minimum Gasteiger partial charge on any atom is -0.454 e. The first-order valence-corrected chi connectivity index (χ1v) is 10.0. The Labute approximate surface area is 162 Å². The highest BCUT2D eigenvalue weighted by atomic mass is 32.2. The largest absolute Gasteiger partial charge is 0.454 e. The molecular weight excluding hydrogens is 380 g/mol. The fraction of sp³-hybridized carbons (Fsp3) is 0.150. The summed E-state index contributed by atoms with van der Waals surface area (Å²) in [5.41, 5.74) is 0.505. The average molecular weight is 398 g/mol. The second-order valence-electron chi connectivity index (χ2n) is 6.39. The molecule has 3 aromatic carbocycles. The molecule has 1 amide bonds. The molecule has 0 atom stereocenters. The Bertz CT molecular complexity index is 1160. The van der Waals surface area contributed by atoms with E-state index in [-0.39, 0.29) is 18.2 Å². The van der Waals surface area contributed by atoms with Crippen molar-refractivity contribution in [2.45, 2.75) is 4.90 Å². The highest BCUT2D eigenvalue weighted by molar-refractivity contribution is 7.89. The Morgan fingerprint density at radius 3 is 2.57 bits per heavy atom. The average Bonchev–Trinajstić information content (AvgIpc) is 3.15. The number of fused-ring (bicyclic) bond motifs is 2. The van der Waals surface area contributed by atoms with E-state index in [1.807, 2.05) is 24.3 Å². The number of ether oxygens (including phenoxy) is 2. The van der Waals surface area contributed by atoms with Crippen LogP contribution < -0.4 is 14.8 Å². The van der Waals surface area contributed by atoms with E-state index in [0.717, 1.165) is 15.1 Å². The van der Waals surface area contributed by atoms with Crippen LogP contribution in [0.2, 0.25) is 0 Å². The van der Waals surface area contributed by atoms with Gasteiger partial charge in [0, 0.05) is 18.8 Å². The molecule has 0 aromatic heterocycles. The summed E-state index contributed by atoms with van der Waals surface area (Å²) >= 11 is 0. The summed E-state index contributed by atoms with van der Waals surface area (Å²) < 4.78 is 37.2. The van der Waals surface area contributed by atoms with Crippen LogP contribution in [0.5, 0.6) is 11.5 Å². The standard InChI is InChI=1S/C20H18N2O5S/c1-22(12-20(23)21-16-7-9-18-19(11-16)27-13-26-18)28(24,25)17-8-6-14-4-2-3-5-15(14)10-17/h2-11H,12-13H2,1H3,(H,21,23). The van der Waals surface area contributed by atoms with Gasteiger partial charge in [-0.2, -0.15) is 4.31 Å². The van der Waals surface area contributed by atoms with Gasteiger partial charge in [0.1, 0.15) is 0 Å². The van der Waals surface area contributed by atoms with E-state index in [1.54, 1.807) is 36.4 Å². The topological polar surface area (TPSA) is 84.9 Å². The minimum atomic E-state index is -3.80. The third-order valence-electron chi connectivity index (χ3n) is 4.45. The molecule has 1 aliphatic heterocycles. The number of hydrogen-bond acceptors (Lipinski definition) is 5. The predicted octanol–water partition coefficient (Wildman–Crippen LogP) is 2.83. The summed E-state index contributed by atoms with van der Waals surface area (Å²) in [5.74, 6) is 0.690. The number of nitrogens with one attached hydrogen (secondary N) is 1. The van der Waals surface area contributed by atoms with E-state index in [2.05, 4.69) is 5.32 Å². The Morgan fingerprint density at radius 1 is 1.00 bits per heavy atom. The number of sulfonamides is 1. The van der Waals surface area contributed by atoms with Gasteiger partial charge in [0.15, 0.2) is 11.5 Å². The lowest BCUT2D eigenvalue weighted by atomic mass is 10.1. The molecule has 4 rings (SSSR count). The van der Waals surface area contributed by atoms with Gasteiger partial charge in [0.05, 0.1) is 11.4 Å². The lowest BCUT2D eigenvalue weighted by Gasteiger charge is -2.17. The molecule has 0 bridgehead atoms. The zero-order valence-electron chi connectivity index (χ0n) is 15.1. The molecule has 0 saturated carbocycles. The van der Waals surface area contributed by atoms with Crippen LogP contribution in [0.3, 0.4) is 0 Å². The van der Waals surface area contributed by atoms with Gasteiger partial charge in [-0.25, -0.2) is 8.42 Å². The second kappa shape index (κ2) is 7.14. The van der Waals surface area contributed by atoms with Crippen LogP contribution in [0.4, 0.5) is 5.69 Å². The van der Waals surface area contributed by atoms with Crippen molar-refractivity contribution in [2.75, 3.05) is 25.7 Å². The highest BCUT2D eigenvalue weighted by Gasteiger charge is 2.23. The van der Waals surface area contributed by atoms with Crippen molar-refractivity contribution in [1.82, 2.24) is 4.31 Å². The minimum absolute atomic E-state index is 0.138. The lowest BCUT2D eigenvalue weighted by molar-refractivity contribution is -0.116. The second-order valence-corrected chi connectivity index (χ2v) is 8.43. The summed E-state index contributed by atoms with van der Waals surface area (Å²) in [6.07, 6.45) is 0. The van der Waals surface area contributed by atoms with Crippen LogP contribution in [0.15, 0.2) is 65.6 Å². The van der Waals surface area contributed by atoms with Crippen LogP contribution in [-0.2, 0) is 14.8 Å². The number of carbonyl (C=O) groups excluding carboxylic acids is 1. The van der Waals surface area contributed by atoms with Crippen molar-refractivity contribution < 1.29 is 22.7 Å². The number of benzene rings is 3. The maximum Gasteiger partial charge on any atom is 0.243 e. The van der Waals surface area contributed by atoms with Crippen molar-refractivity contribution in [1.29, 1.82) is 0 Å². The first-order chi connectivity index (χ1) is 13.4. The normalized spacial score (nSPS) is 13.1. The monoisotopic (exact) mass is 398 g/mol. The molecule has 1 N–H and O–H groups in total. The summed E-state index contributed by atoms with van der Waals surface area (Å²) in [5, 5.41) is 4.44. The van der Waals surface area contributed by atoms with E-state index in [9.17, 15) is 13.2 Å². The third-order valence-corrected chi connectivity index (χ3v) is 6.25. The molecule has 0 aliphatic carbocycles. The highest BCUT2D eigenvalue weighted by Crippen LogP contribution is 2.34. The van der Waals surface area contributed by atoms with E-state index in [4.69, 9.17) is 9.47 Å². The summed E-state index contributed by atoms with van der Waals surface area (Å²) in [6.45, 7) is -0.178. The van der Waals surface area contributed by atoms with Gasteiger partial charge in [-0.3, -0.25) is 4.79 Å². The summed E-state index contributed by atoms with van der Waals surface area (Å²) in [7, 11) is -2.42. The fourth-order valence-electron chi connectivity index (χ4n) is 2.97. The van der Waals surface area contributed by atoms with Crippen molar-refractivity contribution in [3.63, 3.8) is 0 Å². The van der Waals surface area contributed by atoms with Gasteiger partial charge < -0.3 is 14.8 Å². The molecule has 1 aliphatic rings. The van der Waals surface area contributed by atoms with Crippen LogP contribution >= 0.6 is 0 Å². The van der Waals surface area contributed by atoms with Crippen LogP contribution in [0, 0.1) is 0 Å². The van der Waals surface area contributed by atoms with E-state index < -0.39 is 15.9 Å². The summed E-state index contributed by atoms with van der Waals surface area (Å²) in [6, 6.07) is 17.4. The van der Waals surface area contributed by atoms with Crippen LogP contribution in [0.1, 0.15) is 0 Å². The lowest BCUT2D eigenvalue weighted by Crippen LogP contribution is -2.34. The Morgan fingerprint density at radius 2 is 1.75 bits per heavy atom. The van der Waals surface area contributed by atoms with Crippen molar-refractivity contribution >= 4 is 32.4 Å². The van der Waals surface area contributed by atoms with Crippen LogP contribution in [-0.4, -0.2) is 39.0 Å². The number of likely N-dealkylation sites (N-methyl/N-ethyl adjacent to an activating group) is 1. The quantitative estimate of drug-likeness (QED) is 0.714. The van der Waals surface area contributed by atoms with Gasteiger partial charge in [0.25, 0.3) is 0 Å². The number of nitrogens with zero attached hydrogens (tertiary/aromatic N) is 1. The van der Waals surface area contributed by atoms with Gasteiger partial charge in [-0.15, -0.1) is 0 Å². The maximum absolute atomic E-state index is 12.8.